The first-order valence-corrected chi connectivity index (χ1v) is 7.45. The summed E-state index contributed by atoms with van der Waals surface area (Å²) in [5, 5.41) is 2.22. The Labute approximate surface area is 143 Å². The maximum atomic E-state index is 13.6. The van der Waals surface area contributed by atoms with Crippen molar-refractivity contribution in [2.75, 3.05) is 11.9 Å². The lowest BCUT2D eigenvalue weighted by molar-refractivity contribution is -0.118. The zero-order valence-electron chi connectivity index (χ0n) is 12.3. The fourth-order valence-electron chi connectivity index (χ4n) is 1.86. The van der Waals surface area contributed by atoms with Crippen LogP contribution in [-0.2, 0) is 4.79 Å². The van der Waals surface area contributed by atoms with Crippen LogP contribution in [0.2, 0.25) is 0 Å². The number of Topliss-reactive ketones (excluding diaryl/α,β-unsaturated/α-hetero) is 1. The average molecular weight is 402 g/mol. The van der Waals surface area contributed by atoms with Gasteiger partial charge in [-0.3, -0.25) is 9.59 Å². The van der Waals surface area contributed by atoms with Gasteiger partial charge in [0.1, 0.15) is 17.4 Å². The van der Waals surface area contributed by atoms with Gasteiger partial charge in [-0.25, -0.2) is 13.2 Å². The lowest BCUT2D eigenvalue weighted by atomic mass is 10.1. The minimum atomic E-state index is -0.952. The lowest BCUT2D eigenvalue weighted by Crippen LogP contribution is -2.21. The molecular formula is C16H11BrF3NO3. The van der Waals surface area contributed by atoms with Crippen LogP contribution in [-0.4, -0.2) is 18.3 Å². The van der Waals surface area contributed by atoms with Gasteiger partial charge in [0.2, 0.25) is 0 Å². The predicted molar refractivity (Wildman–Crippen MR) is 84.6 cm³/mol. The normalized spacial score (nSPS) is 10.4. The molecule has 126 valence electrons. The molecule has 2 rings (SSSR count). The zero-order chi connectivity index (χ0) is 17.9. The van der Waals surface area contributed by atoms with Gasteiger partial charge >= 0.3 is 0 Å². The number of anilines is 1. The van der Waals surface area contributed by atoms with Gasteiger partial charge in [0, 0.05) is 16.6 Å². The molecule has 24 heavy (non-hydrogen) atoms. The highest BCUT2D eigenvalue weighted by atomic mass is 79.9. The summed E-state index contributed by atoms with van der Waals surface area (Å²) in [4.78, 5) is 22.9. The third-order valence-corrected chi connectivity index (χ3v) is 3.59. The number of ether oxygens (including phenoxy) is 1. The van der Waals surface area contributed by atoms with Crippen molar-refractivity contribution in [3.8, 4) is 5.75 Å². The number of ketones is 1. The van der Waals surface area contributed by atoms with E-state index in [0.29, 0.717) is 6.07 Å². The number of rotatable bonds is 5. The Morgan fingerprint density at radius 2 is 1.83 bits per heavy atom. The zero-order valence-corrected chi connectivity index (χ0v) is 13.9. The second kappa shape index (κ2) is 7.48. The fourth-order valence-corrected chi connectivity index (χ4v) is 2.36. The van der Waals surface area contributed by atoms with Crippen LogP contribution in [0.4, 0.5) is 18.9 Å². The number of carbonyl (C=O) groups is 2. The Balaban J connectivity index is 2.02. The van der Waals surface area contributed by atoms with Gasteiger partial charge in [-0.15, -0.1) is 0 Å². The molecule has 0 aliphatic carbocycles. The molecule has 0 aromatic heterocycles. The molecule has 0 atom stereocenters. The molecular weight excluding hydrogens is 391 g/mol. The minimum Gasteiger partial charge on any atom is -0.484 e. The molecule has 0 heterocycles. The Kier molecular flexibility index (Phi) is 5.61. The molecule has 0 spiro atoms. The number of hydrogen-bond acceptors (Lipinski definition) is 3. The molecule has 0 aliphatic rings. The van der Waals surface area contributed by atoms with E-state index in [0.717, 1.165) is 12.1 Å². The van der Waals surface area contributed by atoms with Gasteiger partial charge in [-0.05, 0) is 41.1 Å². The van der Waals surface area contributed by atoms with Crippen LogP contribution in [0.3, 0.4) is 0 Å². The SMILES string of the molecule is CC(=O)c1ccc(OCC(=O)Nc2c(F)cc(F)cc2Br)cc1F. The molecule has 0 aliphatic heterocycles. The van der Waals surface area contributed by atoms with Crippen molar-refractivity contribution in [2.45, 2.75) is 6.92 Å². The standard InChI is InChI=1S/C16H11BrF3NO3/c1-8(22)11-3-2-10(6-13(11)19)24-7-15(23)21-16-12(17)4-9(18)5-14(16)20/h2-6H,7H2,1H3,(H,21,23). The van der Waals surface area contributed by atoms with Crippen LogP contribution in [0.1, 0.15) is 17.3 Å². The summed E-state index contributed by atoms with van der Waals surface area (Å²) in [5.41, 5.74) is -0.327. The molecule has 0 radical (unpaired) electrons. The van der Waals surface area contributed by atoms with Crippen LogP contribution < -0.4 is 10.1 Å². The molecule has 4 nitrogen and oxygen atoms in total. The summed E-state index contributed by atoms with van der Waals surface area (Å²) in [6.07, 6.45) is 0. The van der Waals surface area contributed by atoms with Crippen molar-refractivity contribution >= 4 is 33.3 Å². The summed E-state index contributed by atoms with van der Waals surface area (Å²) in [6, 6.07) is 5.16. The third-order valence-electron chi connectivity index (χ3n) is 2.96. The molecule has 0 unspecified atom stereocenters. The minimum absolute atomic E-state index is 0.0326. The molecule has 1 N–H and O–H groups in total. The summed E-state index contributed by atoms with van der Waals surface area (Å²) in [7, 11) is 0. The fraction of sp³-hybridized carbons (Fsp3) is 0.125. The van der Waals surface area contributed by atoms with Crippen LogP contribution in [0.25, 0.3) is 0 Å². The van der Waals surface area contributed by atoms with Crippen molar-refractivity contribution < 1.29 is 27.5 Å². The first-order valence-electron chi connectivity index (χ1n) is 6.65. The molecule has 8 heteroatoms. The molecule has 0 bridgehead atoms. The maximum Gasteiger partial charge on any atom is 0.262 e. The van der Waals surface area contributed by atoms with E-state index in [2.05, 4.69) is 21.2 Å². The summed E-state index contributed by atoms with van der Waals surface area (Å²) < 4.78 is 45.3. The van der Waals surface area contributed by atoms with Gasteiger partial charge in [-0.1, -0.05) is 0 Å². The quantitative estimate of drug-likeness (QED) is 0.767. The molecule has 2 aromatic carbocycles. The first-order chi connectivity index (χ1) is 11.3. The summed E-state index contributed by atoms with van der Waals surface area (Å²) in [6.45, 7) is 0.698. The largest absolute Gasteiger partial charge is 0.484 e. The van der Waals surface area contributed by atoms with Gasteiger partial charge < -0.3 is 10.1 Å². The predicted octanol–water partition coefficient (Wildman–Crippen LogP) is 4.09. The highest BCUT2D eigenvalue weighted by Crippen LogP contribution is 2.26. The monoisotopic (exact) mass is 401 g/mol. The average Bonchev–Trinajstić information content (AvgIpc) is 2.48. The molecule has 0 saturated carbocycles. The van der Waals surface area contributed by atoms with Gasteiger partial charge in [0.05, 0.1) is 11.3 Å². The Hall–Kier alpha value is -2.35. The Bertz CT molecular complexity index is 788. The van der Waals surface area contributed by atoms with Crippen molar-refractivity contribution in [1.29, 1.82) is 0 Å². The number of hydrogen-bond donors (Lipinski definition) is 1. The summed E-state index contributed by atoms with van der Waals surface area (Å²) in [5.74, 6) is -3.65. The van der Waals surface area contributed by atoms with Crippen molar-refractivity contribution in [3.05, 3.63) is 57.8 Å². The highest BCUT2D eigenvalue weighted by molar-refractivity contribution is 9.10. The maximum absolute atomic E-state index is 13.6. The number of amides is 1. The summed E-state index contributed by atoms with van der Waals surface area (Å²) >= 11 is 2.94. The van der Waals surface area contributed by atoms with Gasteiger partial charge in [0.25, 0.3) is 5.91 Å². The highest BCUT2D eigenvalue weighted by Gasteiger charge is 2.14. The number of carbonyl (C=O) groups excluding carboxylic acids is 2. The first kappa shape index (κ1) is 18.0. The smallest absolute Gasteiger partial charge is 0.262 e. The second-order valence-corrected chi connectivity index (χ2v) is 5.63. The van der Waals surface area contributed by atoms with E-state index >= 15 is 0 Å². The van der Waals surface area contributed by atoms with Gasteiger partial charge in [-0.2, -0.15) is 0 Å². The van der Waals surface area contributed by atoms with Crippen LogP contribution in [0, 0.1) is 17.5 Å². The van der Waals surface area contributed by atoms with Crippen molar-refractivity contribution in [3.63, 3.8) is 0 Å². The second-order valence-electron chi connectivity index (χ2n) is 4.78. The van der Waals surface area contributed by atoms with E-state index in [9.17, 15) is 22.8 Å². The van der Waals surface area contributed by atoms with Crippen molar-refractivity contribution in [1.82, 2.24) is 0 Å². The molecule has 1 amide bonds. The van der Waals surface area contributed by atoms with Crippen LogP contribution in [0.15, 0.2) is 34.8 Å². The molecule has 2 aromatic rings. The Morgan fingerprint density at radius 3 is 2.42 bits per heavy atom. The number of halogens is 4. The van der Waals surface area contributed by atoms with E-state index < -0.39 is 35.7 Å². The van der Waals surface area contributed by atoms with E-state index in [1.807, 2.05) is 0 Å². The molecule has 0 fully saturated rings. The van der Waals surface area contributed by atoms with Crippen LogP contribution in [0.5, 0.6) is 5.75 Å². The number of nitrogens with one attached hydrogen (secondary N) is 1. The van der Waals surface area contributed by atoms with E-state index in [1.54, 1.807) is 0 Å². The lowest BCUT2D eigenvalue weighted by Gasteiger charge is -2.10. The topological polar surface area (TPSA) is 55.4 Å². The van der Waals surface area contributed by atoms with E-state index in [4.69, 9.17) is 4.74 Å². The Morgan fingerprint density at radius 1 is 1.12 bits per heavy atom. The van der Waals surface area contributed by atoms with E-state index in [-0.39, 0.29) is 21.5 Å². The van der Waals surface area contributed by atoms with E-state index in [1.165, 1.54) is 19.1 Å². The van der Waals surface area contributed by atoms with Gasteiger partial charge in [0.15, 0.2) is 18.2 Å². The molecule has 0 saturated heterocycles. The number of benzene rings is 2. The third kappa shape index (κ3) is 4.35. The van der Waals surface area contributed by atoms with Crippen LogP contribution >= 0.6 is 15.9 Å². The van der Waals surface area contributed by atoms with Crippen molar-refractivity contribution in [2.24, 2.45) is 0 Å².